The highest BCUT2D eigenvalue weighted by atomic mass is 16.3. The molecule has 0 aliphatic heterocycles. The van der Waals surface area contributed by atoms with E-state index in [1.807, 2.05) is 27.7 Å². The standard InChI is InChI=1S/C11H25NO2/c1-6-11(14,10(2,3)4)7-9(13)8-12-5/h9,12-14H,6-8H2,1-5H3/t9-,11-/m1/s1. The Hall–Kier alpha value is -0.120. The predicted molar refractivity (Wildman–Crippen MR) is 59.2 cm³/mol. The SMILES string of the molecule is CC[C@@](O)(C[C@@H](O)CNC)C(C)(C)C. The maximum atomic E-state index is 10.4. The molecule has 0 bridgehead atoms. The van der Waals surface area contributed by atoms with Crippen LogP contribution >= 0.6 is 0 Å². The molecule has 0 aliphatic rings. The quantitative estimate of drug-likeness (QED) is 0.628. The maximum Gasteiger partial charge on any atom is 0.0718 e. The van der Waals surface area contributed by atoms with Crippen molar-refractivity contribution in [1.29, 1.82) is 0 Å². The van der Waals surface area contributed by atoms with Gasteiger partial charge in [0, 0.05) is 13.0 Å². The summed E-state index contributed by atoms with van der Waals surface area (Å²) in [6, 6.07) is 0. The van der Waals surface area contributed by atoms with Crippen molar-refractivity contribution in [2.75, 3.05) is 13.6 Å². The third kappa shape index (κ3) is 3.56. The van der Waals surface area contributed by atoms with Crippen LogP contribution in [0, 0.1) is 5.41 Å². The molecule has 0 aromatic heterocycles. The molecule has 86 valence electrons. The number of aliphatic hydroxyl groups is 2. The first kappa shape index (κ1) is 13.9. The number of hydrogen-bond acceptors (Lipinski definition) is 3. The van der Waals surface area contributed by atoms with Crippen LogP contribution in [-0.2, 0) is 0 Å². The lowest BCUT2D eigenvalue weighted by molar-refractivity contribution is -0.0906. The van der Waals surface area contributed by atoms with Gasteiger partial charge in [0.2, 0.25) is 0 Å². The molecule has 0 aromatic carbocycles. The fraction of sp³-hybridized carbons (Fsp3) is 1.00. The van der Waals surface area contributed by atoms with E-state index in [1.165, 1.54) is 0 Å². The summed E-state index contributed by atoms with van der Waals surface area (Å²) in [4.78, 5) is 0. The number of hydrogen-bond donors (Lipinski definition) is 3. The Morgan fingerprint density at radius 3 is 2.07 bits per heavy atom. The summed E-state index contributed by atoms with van der Waals surface area (Å²) in [5, 5.41) is 22.9. The van der Waals surface area contributed by atoms with Crippen molar-refractivity contribution in [3.05, 3.63) is 0 Å². The number of likely N-dealkylation sites (N-methyl/N-ethyl adjacent to an activating group) is 1. The van der Waals surface area contributed by atoms with Crippen molar-refractivity contribution in [2.24, 2.45) is 5.41 Å². The van der Waals surface area contributed by atoms with Crippen molar-refractivity contribution in [3.8, 4) is 0 Å². The van der Waals surface area contributed by atoms with Gasteiger partial charge in [0.05, 0.1) is 11.7 Å². The predicted octanol–water partition coefficient (Wildman–Crippen LogP) is 1.14. The Labute approximate surface area is 87.5 Å². The number of nitrogens with one attached hydrogen (secondary N) is 1. The molecule has 0 heterocycles. The van der Waals surface area contributed by atoms with E-state index in [4.69, 9.17) is 0 Å². The highest BCUT2D eigenvalue weighted by Gasteiger charge is 2.39. The second-order valence-corrected chi connectivity index (χ2v) is 5.05. The van der Waals surface area contributed by atoms with Gasteiger partial charge in [-0.2, -0.15) is 0 Å². The van der Waals surface area contributed by atoms with Crippen LogP contribution in [0.4, 0.5) is 0 Å². The van der Waals surface area contributed by atoms with Gasteiger partial charge in [-0.05, 0) is 18.9 Å². The summed E-state index contributed by atoms with van der Waals surface area (Å²) in [5.41, 5.74) is -0.986. The summed E-state index contributed by atoms with van der Waals surface area (Å²) >= 11 is 0. The molecule has 3 nitrogen and oxygen atoms in total. The Morgan fingerprint density at radius 2 is 1.79 bits per heavy atom. The van der Waals surface area contributed by atoms with Crippen LogP contribution in [0.3, 0.4) is 0 Å². The van der Waals surface area contributed by atoms with Gasteiger partial charge in [0.15, 0.2) is 0 Å². The minimum absolute atomic E-state index is 0.198. The third-order valence-corrected chi connectivity index (χ3v) is 2.99. The Balaban J connectivity index is 4.40. The molecular weight excluding hydrogens is 178 g/mol. The van der Waals surface area contributed by atoms with Crippen LogP contribution < -0.4 is 5.32 Å². The first-order valence-electron chi connectivity index (χ1n) is 5.32. The summed E-state index contributed by atoms with van der Waals surface area (Å²) in [7, 11) is 1.80. The highest BCUT2D eigenvalue weighted by Crippen LogP contribution is 2.36. The fourth-order valence-corrected chi connectivity index (χ4v) is 1.68. The second-order valence-electron chi connectivity index (χ2n) is 5.05. The average molecular weight is 203 g/mol. The molecule has 3 N–H and O–H groups in total. The van der Waals surface area contributed by atoms with Crippen molar-refractivity contribution < 1.29 is 10.2 Å². The van der Waals surface area contributed by atoms with E-state index in [0.29, 0.717) is 19.4 Å². The molecule has 0 saturated carbocycles. The van der Waals surface area contributed by atoms with E-state index in [2.05, 4.69) is 5.32 Å². The Kier molecular flexibility index (Phi) is 5.06. The third-order valence-electron chi connectivity index (χ3n) is 2.99. The van der Waals surface area contributed by atoms with Crippen molar-refractivity contribution in [3.63, 3.8) is 0 Å². The molecule has 2 atom stereocenters. The molecule has 0 radical (unpaired) electrons. The van der Waals surface area contributed by atoms with Crippen LogP contribution in [0.2, 0.25) is 0 Å². The lowest BCUT2D eigenvalue weighted by Crippen LogP contribution is -2.46. The van der Waals surface area contributed by atoms with E-state index >= 15 is 0 Å². The summed E-state index contributed by atoms with van der Waals surface area (Å²) in [6.45, 7) is 8.49. The molecule has 0 aromatic rings. The minimum Gasteiger partial charge on any atom is -0.392 e. The van der Waals surface area contributed by atoms with Gasteiger partial charge in [-0.25, -0.2) is 0 Å². The molecule has 0 saturated heterocycles. The molecule has 0 spiro atoms. The highest BCUT2D eigenvalue weighted by molar-refractivity contribution is 4.91. The van der Waals surface area contributed by atoms with Crippen LogP contribution in [-0.4, -0.2) is 35.5 Å². The van der Waals surface area contributed by atoms with Crippen LogP contribution in [0.1, 0.15) is 40.5 Å². The van der Waals surface area contributed by atoms with E-state index in [1.54, 1.807) is 7.05 Å². The van der Waals surface area contributed by atoms with Crippen LogP contribution in [0.25, 0.3) is 0 Å². The molecule has 0 unspecified atom stereocenters. The molecule has 0 rings (SSSR count). The van der Waals surface area contributed by atoms with Gasteiger partial charge in [0.25, 0.3) is 0 Å². The average Bonchev–Trinajstić information content (AvgIpc) is 2.02. The zero-order chi connectivity index (χ0) is 11.4. The molecule has 14 heavy (non-hydrogen) atoms. The molecule has 3 heteroatoms. The minimum atomic E-state index is -0.788. The van der Waals surface area contributed by atoms with Crippen molar-refractivity contribution in [1.82, 2.24) is 5.32 Å². The molecule has 0 fully saturated rings. The summed E-state index contributed by atoms with van der Waals surface area (Å²) in [5.74, 6) is 0. The Morgan fingerprint density at radius 1 is 1.29 bits per heavy atom. The molecule has 0 aliphatic carbocycles. The van der Waals surface area contributed by atoms with E-state index in [-0.39, 0.29) is 5.41 Å². The molecule has 0 amide bonds. The lowest BCUT2D eigenvalue weighted by Gasteiger charge is -2.41. The van der Waals surface area contributed by atoms with Crippen LogP contribution in [0.15, 0.2) is 0 Å². The fourth-order valence-electron chi connectivity index (χ4n) is 1.68. The normalized spacial score (nSPS) is 19.1. The number of aliphatic hydroxyl groups excluding tert-OH is 1. The monoisotopic (exact) mass is 203 g/mol. The van der Waals surface area contributed by atoms with Crippen LogP contribution in [0.5, 0.6) is 0 Å². The smallest absolute Gasteiger partial charge is 0.0718 e. The van der Waals surface area contributed by atoms with E-state index in [0.717, 1.165) is 0 Å². The summed E-state index contributed by atoms with van der Waals surface area (Å²) in [6.07, 6.45) is 0.606. The van der Waals surface area contributed by atoms with Gasteiger partial charge in [-0.1, -0.05) is 27.7 Å². The largest absolute Gasteiger partial charge is 0.392 e. The second kappa shape index (κ2) is 5.10. The maximum absolute atomic E-state index is 10.4. The van der Waals surface area contributed by atoms with Crippen molar-refractivity contribution in [2.45, 2.75) is 52.2 Å². The van der Waals surface area contributed by atoms with Gasteiger partial charge >= 0.3 is 0 Å². The van der Waals surface area contributed by atoms with E-state index in [9.17, 15) is 10.2 Å². The topological polar surface area (TPSA) is 52.5 Å². The van der Waals surface area contributed by atoms with Crippen molar-refractivity contribution >= 4 is 0 Å². The zero-order valence-corrected chi connectivity index (χ0v) is 10.1. The lowest BCUT2D eigenvalue weighted by atomic mass is 9.72. The first-order chi connectivity index (χ1) is 6.27. The first-order valence-corrected chi connectivity index (χ1v) is 5.32. The molecular formula is C11H25NO2. The number of rotatable bonds is 5. The Bertz CT molecular complexity index is 165. The van der Waals surface area contributed by atoms with Gasteiger partial charge in [0.1, 0.15) is 0 Å². The summed E-state index contributed by atoms with van der Waals surface area (Å²) < 4.78 is 0. The van der Waals surface area contributed by atoms with Gasteiger partial charge in [-0.3, -0.25) is 0 Å². The van der Waals surface area contributed by atoms with E-state index < -0.39 is 11.7 Å². The zero-order valence-electron chi connectivity index (χ0n) is 10.1. The van der Waals surface area contributed by atoms with Gasteiger partial charge < -0.3 is 15.5 Å². The van der Waals surface area contributed by atoms with Gasteiger partial charge in [-0.15, -0.1) is 0 Å².